The van der Waals surface area contributed by atoms with Crippen molar-refractivity contribution in [1.82, 2.24) is 24.8 Å². The molecule has 0 saturated carbocycles. The summed E-state index contributed by atoms with van der Waals surface area (Å²) in [5, 5.41) is 12.8. The fourth-order valence-corrected chi connectivity index (χ4v) is 4.55. The number of hydrogen-bond acceptors (Lipinski definition) is 7. The molecule has 1 aliphatic heterocycles. The van der Waals surface area contributed by atoms with Gasteiger partial charge in [-0.2, -0.15) is 9.65 Å². The zero-order valence-electron chi connectivity index (χ0n) is 18.9. The van der Waals surface area contributed by atoms with E-state index in [-0.39, 0.29) is 11.4 Å². The van der Waals surface area contributed by atoms with Gasteiger partial charge in [0.25, 0.3) is 5.91 Å². The Morgan fingerprint density at radius 2 is 2.03 bits per heavy atom. The van der Waals surface area contributed by atoms with Crippen molar-refractivity contribution in [2.75, 3.05) is 38.1 Å². The van der Waals surface area contributed by atoms with Crippen LogP contribution in [0.25, 0.3) is 10.9 Å². The number of H-pyrrole nitrogens is 1. The molecule has 11 heteroatoms. The second-order valence-electron chi connectivity index (χ2n) is 8.00. The highest BCUT2D eigenvalue weighted by atomic mass is 32.1. The van der Waals surface area contributed by atoms with Crippen molar-refractivity contribution in [2.45, 2.75) is 20.0 Å². The summed E-state index contributed by atoms with van der Waals surface area (Å²) in [5.74, 6) is -1.11. The van der Waals surface area contributed by atoms with Crippen molar-refractivity contribution in [3.63, 3.8) is 0 Å². The van der Waals surface area contributed by atoms with E-state index in [1.807, 2.05) is 17.9 Å². The van der Waals surface area contributed by atoms with Crippen molar-refractivity contribution in [3.05, 3.63) is 62.2 Å². The van der Waals surface area contributed by atoms with Crippen LogP contribution in [0.15, 0.2) is 29.1 Å². The third-order valence-electron chi connectivity index (χ3n) is 6.04. The number of carbonyl (C=O) groups excluding carboxylic acids is 1. The van der Waals surface area contributed by atoms with E-state index >= 15 is 0 Å². The molecule has 0 aliphatic carbocycles. The van der Waals surface area contributed by atoms with Crippen LogP contribution in [-0.2, 0) is 13.1 Å². The SMILES string of the molecule is CCn1c(=O)[nH]c2cc(CN3CCN(c4ccc(C(=O)NC)nc4F)CC3)c(C#N)cc2c1=S. The van der Waals surface area contributed by atoms with Crippen LogP contribution in [0.1, 0.15) is 28.5 Å². The average Bonchev–Trinajstić information content (AvgIpc) is 2.84. The Labute approximate surface area is 200 Å². The number of aromatic amines is 1. The molecule has 0 radical (unpaired) electrons. The summed E-state index contributed by atoms with van der Waals surface area (Å²) in [7, 11) is 1.47. The Morgan fingerprint density at radius 1 is 1.29 bits per heavy atom. The summed E-state index contributed by atoms with van der Waals surface area (Å²) < 4.78 is 16.4. The van der Waals surface area contributed by atoms with Crippen LogP contribution >= 0.6 is 12.2 Å². The first-order chi connectivity index (χ1) is 16.4. The van der Waals surface area contributed by atoms with Gasteiger partial charge in [-0.25, -0.2) is 9.78 Å². The minimum absolute atomic E-state index is 0.0347. The van der Waals surface area contributed by atoms with E-state index < -0.39 is 11.9 Å². The lowest BCUT2D eigenvalue weighted by Crippen LogP contribution is -2.46. The summed E-state index contributed by atoms with van der Waals surface area (Å²) in [6.07, 6.45) is 0. The maximum atomic E-state index is 14.5. The van der Waals surface area contributed by atoms with Gasteiger partial charge in [-0.05, 0) is 36.8 Å². The zero-order valence-corrected chi connectivity index (χ0v) is 19.7. The zero-order chi connectivity index (χ0) is 24.4. The molecule has 2 N–H and O–H groups in total. The van der Waals surface area contributed by atoms with Crippen molar-refractivity contribution >= 4 is 34.7 Å². The maximum Gasteiger partial charge on any atom is 0.326 e. The van der Waals surface area contributed by atoms with Gasteiger partial charge in [0.2, 0.25) is 5.95 Å². The number of nitrogens with one attached hydrogen (secondary N) is 2. The lowest BCUT2D eigenvalue weighted by molar-refractivity contribution is 0.0957. The molecule has 1 aliphatic rings. The first-order valence-corrected chi connectivity index (χ1v) is 11.3. The fraction of sp³-hybridized carbons (Fsp3) is 0.348. The van der Waals surface area contributed by atoms with E-state index in [0.29, 0.717) is 66.1 Å². The van der Waals surface area contributed by atoms with Crippen molar-refractivity contribution < 1.29 is 9.18 Å². The molecule has 0 spiro atoms. The summed E-state index contributed by atoms with van der Waals surface area (Å²) in [6.45, 7) is 5.23. The van der Waals surface area contributed by atoms with Crippen LogP contribution in [0.3, 0.4) is 0 Å². The summed E-state index contributed by atoms with van der Waals surface area (Å²) in [4.78, 5) is 34.7. The normalized spacial score (nSPS) is 14.2. The molecule has 3 aromatic rings. The Kier molecular flexibility index (Phi) is 6.72. The molecule has 3 heterocycles. The highest BCUT2D eigenvalue weighted by Crippen LogP contribution is 2.23. The summed E-state index contributed by atoms with van der Waals surface area (Å²) >= 11 is 5.45. The van der Waals surface area contributed by atoms with Crippen molar-refractivity contribution in [3.8, 4) is 6.07 Å². The van der Waals surface area contributed by atoms with E-state index in [1.54, 1.807) is 12.1 Å². The van der Waals surface area contributed by atoms with Crippen molar-refractivity contribution in [1.29, 1.82) is 5.26 Å². The Bertz CT molecular complexity index is 1420. The second kappa shape index (κ2) is 9.70. The van der Waals surface area contributed by atoms with Crippen LogP contribution in [-0.4, -0.2) is 58.6 Å². The van der Waals surface area contributed by atoms with E-state index in [1.165, 1.54) is 17.7 Å². The predicted molar refractivity (Wildman–Crippen MR) is 129 cm³/mol. The number of nitrogens with zero attached hydrogens (tertiary/aromatic N) is 5. The number of fused-ring (bicyclic) bond motifs is 1. The lowest BCUT2D eigenvalue weighted by atomic mass is 10.0. The first kappa shape index (κ1) is 23.5. The van der Waals surface area contributed by atoms with Gasteiger partial charge < -0.3 is 15.2 Å². The smallest absolute Gasteiger partial charge is 0.326 e. The average molecular weight is 482 g/mol. The van der Waals surface area contributed by atoms with Crippen LogP contribution in [0, 0.1) is 21.9 Å². The number of amides is 1. The molecule has 0 bridgehead atoms. The van der Waals surface area contributed by atoms with Gasteiger partial charge in [0.1, 0.15) is 10.3 Å². The Hall–Kier alpha value is -3.62. The third-order valence-corrected chi connectivity index (χ3v) is 6.48. The Balaban J connectivity index is 1.52. The van der Waals surface area contributed by atoms with Crippen LogP contribution in [0.5, 0.6) is 0 Å². The lowest BCUT2D eigenvalue weighted by Gasteiger charge is -2.36. The quantitative estimate of drug-likeness (QED) is 0.425. The van der Waals surface area contributed by atoms with Gasteiger partial charge >= 0.3 is 5.69 Å². The maximum absolute atomic E-state index is 14.5. The monoisotopic (exact) mass is 481 g/mol. The number of hydrogen-bond donors (Lipinski definition) is 2. The molecule has 1 fully saturated rings. The van der Waals surface area contributed by atoms with Gasteiger partial charge in [-0.1, -0.05) is 12.2 Å². The van der Waals surface area contributed by atoms with Gasteiger partial charge in [-0.3, -0.25) is 14.3 Å². The number of anilines is 1. The molecule has 2 aromatic heterocycles. The first-order valence-electron chi connectivity index (χ1n) is 10.9. The summed E-state index contributed by atoms with van der Waals surface area (Å²) in [5.41, 5.74) is 2.03. The molecule has 34 heavy (non-hydrogen) atoms. The molecule has 1 amide bonds. The number of pyridine rings is 1. The van der Waals surface area contributed by atoms with Gasteiger partial charge in [-0.15, -0.1) is 0 Å². The number of aromatic nitrogens is 3. The molecule has 1 saturated heterocycles. The number of piperazine rings is 1. The number of carbonyl (C=O) groups is 1. The van der Waals surface area contributed by atoms with E-state index in [9.17, 15) is 19.2 Å². The van der Waals surface area contributed by atoms with E-state index in [4.69, 9.17) is 12.2 Å². The number of halogens is 1. The van der Waals surface area contributed by atoms with Gasteiger partial charge in [0.15, 0.2) is 0 Å². The minimum atomic E-state index is -0.677. The summed E-state index contributed by atoms with van der Waals surface area (Å²) in [6, 6.07) is 8.88. The van der Waals surface area contributed by atoms with Crippen LogP contribution in [0.2, 0.25) is 0 Å². The highest BCUT2D eigenvalue weighted by Gasteiger charge is 2.22. The molecule has 0 atom stereocenters. The molecular formula is C23H24FN7O2S. The van der Waals surface area contributed by atoms with Gasteiger partial charge in [0.05, 0.1) is 22.8 Å². The van der Waals surface area contributed by atoms with E-state index in [2.05, 4.69) is 26.3 Å². The predicted octanol–water partition coefficient (Wildman–Crippen LogP) is 2.17. The number of nitriles is 1. The molecule has 0 unspecified atom stereocenters. The molecule has 176 valence electrons. The molecular weight excluding hydrogens is 457 g/mol. The highest BCUT2D eigenvalue weighted by molar-refractivity contribution is 7.71. The number of benzene rings is 1. The second-order valence-corrected chi connectivity index (χ2v) is 8.38. The topological polar surface area (TPSA) is 110 Å². The molecule has 4 rings (SSSR count). The van der Waals surface area contributed by atoms with Crippen LogP contribution < -0.4 is 15.9 Å². The molecule has 1 aromatic carbocycles. The van der Waals surface area contributed by atoms with Crippen molar-refractivity contribution in [2.24, 2.45) is 0 Å². The van der Waals surface area contributed by atoms with E-state index in [0.717, 1.165) is 5.56 Å². The van der Waals surface area contributed by atoms with Crippen LogP contribution in [0.4, 0.5) is 10.1 Å². The molecule has 9 nitrogen and oxygen atoms in total. The number of rotatable bonds is 5. The largest absolute Gasteiger partial charge is 0.365 e. The minimum Gasteiger partial charge on any atom is -0.365 e. The Morgan fingerprint density at radius 3 is 2.65 bits per heavy atom. The fourth-order valence-electron chi connectivity index (χ4n) is 4.17. The third kappa shape index (κ3) is 4.42. The standard InChI is InChI=1S/C23H24FN7O2S/c1-3-31-22(34)16-10-14(12-25)15(11-18(16)28-23(31)33)13-29-6-8-30(9-7-29)19-5-4-17(21(32)26-2)27-20(19)24/h4-5,10-11H,3,6-9,13H2,1-2H3,(H,26,32)(H,28,33). The van der Waals surface area contributed by atoms with Gasteiger partial charge in [0, 0.05) is 51.7 Å².